The Labute approximate surface area is 161 Å². The summed E-state index contributed by atoms with van der Waals surface area (Å²) in [6, 6.07) is 9.55. The fourth-order valence-corrected chi connectivity index (χ4v) is 5.04. The number of nitrogens with zero attached hydrogens (tertiary/aromatic N) is 2. The molecular weight excluding hydrogens is 362 g/mol. The number of sulfonamides is 1. The van der Waals surface area contributed by atoms with Gasteiger partial charge < -0.3 is 9.88 Å². The molecule has 1 aliphatic rings. The third-order valence-electron chi connectivity index (χ3n) is 5.11. The van der Waals surface area contributed by atoms with Crippen molar-refractivity contribution in [3.8, 4) is 0 Å². The van der Waals surface area contributed by atoms with E-state index in [0.717, 1.165) is 25.7 Å². The summed E-state index contributed by atoms with van der Waals surface area (Å²) in [4.78, 5) is 12.7. The number of carbonyl (C=O) groups excluding carboxylic acids is 1. The molecule has 2 aromatic rings. The number of amides is 1. The molecule has 27 heavy (non-hydrogen) atoms. The van der Waals surface area contributed by atoms with E-state index in [1.165, 1.54) is 27.7 Å². The average molecular weight is 390 g/mol. The maximum Gasteiger partial charge on any atom is 0.267 e. The lowest BCUT2D eigenvalue weighted by molar-refractivity contribution is 0.0946. The van der Waals surface area contributed by atoms with Crippen LogP contribution in [0.1, 0.15) is 40.9 Å². The van der Waals surface area contributed by atoms with E-state index >= 15 is 0 Å². The van der Waals surface area contributed by atoms with Crippen LogP contribution in [0.5, 0.6) is 0 Å². The van der Waals surface area contributed by atoms with E-state index in [2.05, 4.69) is 5.32 Å². The van der Waals surface area contributed by atoms with Crippen LogP contribution < -0.4 is 5.32 Å². The van der Waals surface area contributed by atoms with E-state index < -0.39 is 10.0 Å². The quantitative estimate of drug-likeness (QED) is 0.825. The normalized spacial score (nSPS) is 15.6. The van der Waals surface area contributed by atoms with E-state index in [-0.39, 0.29) is 10.8 Å². The van der Waals surface area contributed by atoms with Crippen molar-refractivity contribution >= 4 is 15.9 Å². The van der Waals surface area contributed by atoms with Crippen LogP contribution in [0.25, 0.3) is 0 Å². The van der Waals surface area contributed by atoms with Crippen molar-refractivity contribution in [2.45, 2.75) is 37.5 Å². The number of aryl methyl sites for hydroxylation is 2. The van der Waals surface area contributed by atoms with Crippen LogP contribution in [0.2, 0.25) is 0 Å². The molecule has 0 radical (unpaired) electrons. The van der Waals surface area contributed by atoms with Crippen LogP contribution >= 0.6 is 0 Å². The highest BCUT2D eigenvalue weighted by molar-refractivity contribution is 7.89. The van der Waals surface area contributed by atoms with Gasteiger partial charge in [-0.25, -0.2) is 8.42 Å². The molecule has 1 aliphatic heterocycles. The summed E-state index contributed by atoms with van der Waals surface area (Å²) in [7, 11) is -1.83. The Morgan fingerprint density at radius 1 is 1.15 bits per heavy atom. The molecule has 6 nitrogen and oxygen atoms in total. The van der Waals surface area contributed by atoms with Gasteiger partial charge in [-0.1, -0.05) is 30.7 Å². The molecule has 1 aromatic carbocycles. The number of hydrogen-bond acceptors (Lipinski definition) is 3. The molecule has 146 valence electrons. The standard InChI is InChI=1S/C20H27N3O3S/c1-16-8-4-5-9-17(16)10-11-21-20(24)19-14-18(15-22(19)2)27(25,26)23-12-6-3-7-13-23/h4-5,8-9,14-15H,3,6-7,10-13H2,1-2H3,(H,21,24). The lowest BCUT2D eigenvalue weighted by atomic mass is 10.1. The number of piperidine rings is 1. The zero-order valence-corrected chi connectivity index (χ0v) is 16.8. The molecule has 0 unspecified atom stereocenters. The van der Waals surface area contributed by atoms with E-state index in [1.54, 1.807) is 11.6 Å². The highest BCUT2D eigenvalue weighted by Gasteiger charge is 2.28. The van der Waals surface area contributed by atoms with Crippen molar-refractivity contribution in [1.82, 2.24) is 14.2 Å². The largest absolute Gasteiger partial charge is 0.350 e. The van der Waals surface area contributed by atoms with Crippen molar-refractivity contribution in [1.29, 1.82) is 0 Å². The minimum Gasteiger partial charge on any atom is -0.350 e. The first-order chi connectivity index (χ1) is 12.9. The monoisotopic (exact) mass is 389 g/mol. The Hall–Kier alpha value is -2.12. The fourth-order valence-electron chi connectivity index (χ4n) is 3.45. The van der Waals surface area contributed by atoms with E-state index in [0.29, 0.717) is 25.3 Å². The number of carbonyl (C=O) groups is 1. The average Bonchev–Trinajstić information content (AvgIpc) is 3.06. The minimum atomic E-state index is -3.53. The molecular formula is C20H27N3O3S. The minimum absolute atomic E-state index is 0.191. The van der Waals surface area contributed by atoms with E-state index in [9.17, 15) is 13.2 Å². The first kappa shape index (κ1) is 19.6. The number of benzene rings is 1. The molecule has 0 saturated carbocycles. The summed E-state index contributed by atoms with van der Waals surface area (Å²) in [6.07, 6.45) is 5.11. The van der Waals surface area contributed by atoms with Gasteiger partial charge in [0.05, 0.1) is 0 Å². The van der Waals surface area contributed by atoms with Gasteiger partial charge in [0.2, 0.25) is 10.0 Å². The summed E-state index contributed by atoms with van der Waals surface area (Å²) in [5, 5.41) is 2.89. The Kier molecular flexibility index (Phi) is 6.01. The molecule has 1 amide bonds. The molecule has 1 fully saturated rings. The second kappa shape index (κ2) is 8.27. The maximum absolute atomic E-state index is 12.8. The number of rotatable bonds is 6. The lowest BCUT2D eigenvalue weighted by Crippen LogP contribution is -2.35. The van der Waals surface area contributed by atoms with Gasteiger partial charge in [0.15, 0.2) is 0 Å². The first-order valence-electron chi connectivity index (χ1n) is 9.39. The zero-order chi connectivity index (χ0) is 19.4. The second-order valence-corrected chi connectivity index (χ2v) is 9.01. The summed E-state index contributed by atoms with van der Waals surface area (Å²) >= 11 is 0. The molecule has 0 bridgehead atoms. The molecule has 1 saturated heterocycles. The lowest BCUT2D eigenvalue weighted by Gasteiger charge is -2.25. The van der Waals surface area contributed by atoms with Crippen molar-refractivity contribution in [2.75, 3.05) is 19.6 Å². The molecule has 1 N–H and O–H groups in total. The molecule has 3 rings (SSSR count). The Morgan fingerprint density at radius 2 is 1.85 bits per heavy atom. The van der Waals surface area contributed by atoms with Crippen molar-refractivity contribution < 1.29 is 13.2 Å². The van der Waals surface area contributed by atoms with Crippen LogP contribution in [0, 0.1) is 6.92 Å². The van der Waals surface area contributed by atoms with Crippen LogP contribution in [0.15, 0.2) is 41.4 Å². The first-order valence-corrected chi connectivity index (χ1v) is 10.8. The summed E-state index contributed by atoms with van der Waals surface area (Å²) < 4.78 is 28.7. The topological polar surface area (TPSA) is 71.4 Å². The molecule has 2 heterocycles. The zero-order valence-electron chi connectivity index (χ0n) is 15.9. The highest BCUT2D eigenvalue weighted by Crippen LogP contribution is 2.22. The van der Waals surface area contributed by atoms with Crippen LogP contribution in [-0.4, -0.2) is 42.8 Å². The highest BCUT2D eigenvalue weighted by atomic mass is 32.2. The van der Waals surface area contributed by atoms with E-state index in [1.807, 2.05) is 31.2 Å². The Balaban J connectivity index is 1.66. The van der Waals surface area contributed by atoms with Gasteiger partial charge >= 0.3 is 0 Å². The third kappa shape index (κ3) is 4.42. The summed E-state index contributed by atoms with van der Waals surface area (Å²) in [5.74, 6) is -0.258. The van der Waals surface area contributed by atoms with Gasteiger partial charge in [-0.3, -0.25) is 4.79 Å². The van der Waals surface area contributed by atoms with Crippen LogP contribution in [-0.2, 0) is 23.5 Å². The second-order valence-electron chi connectivity index (χ2n) is 7.07. The molecule has 0 spiro atoms. The number of nitrogens with one attached hydrogen (secondary N) is 1. The fraction of sp³-hybridized carbons (Fsp3) is 0.450. The van der Waals surface area contributed by atoms with Crippen molar-refractivity contribution in [3.05, 3.63) is 53.3 Å². The predicted molar refractivity (Wildman–Crippen MR) is 105 cm³/mol. The molecule has 0 aliphatic carbocycles. The molecule has 1 aromatic heterocycles. The van der Waals surface area contributed by atoms with Crippen LogP contribution in [0.4, 0.5) is 0 Å². The number of aromatic nitrogens is 1. The van der Waals surface area contributed by atoms with Gasteiger partial charge in [-0.05, 0) is 43.4 Å². The van der Waals surface area contributed by atoms with E-state index in [4.69, 9.17) is 0 Å². The van der Waals surface area contributed by atoms with Gasteiger partial charge in [-0.15, -0.1) is 0 Å². The van der Waals surface area contributed by atoms with Crippen LogP contribution in [0.3, 0.4) is 0 Å². The summed E-state index contributed by atoms with van der Waals surface area (Å²) in [5.41, 5.74) is 2.74. The molecule has 0 atom stereocenters. The Morgan fingerprint density at radius 3 is 2.56 bits per heavy atom. The molecule has 7 heteroatoms. The van der Waals surface area contributed by atoms with Gasteiger partial charge in [0, 0.05) is 32.9 Å². The third-order valence-corrected chi connectivity index (χ3v) is 6.97. The maximum atomic E-state index is 12.8. The summed E-state index contributed by atoms with van der Waals surface area (Å²) in [6.45, 7) is 3.65. The Bertz CT molecular complexity index is 912. The van der Waals surface area contributed by atoms with Crippen molar-refractivity contribution in [2.24, 2.45) is 7.05 Å². The van der Waals surface area contributed by atoms with Crippen molar-refractivity contribution in [3.63, 3.8) is 0 Å². The smallest absolute Gasteiger partial charge is 0.267 e. The number of hydrogen-bond donors (Lipinski definition) is 1. The van der Waals surface area contributed by atoms with Gasteiger partial charge in [0.25, 0.3) is 5.91 Å². The van der Waals surface area contributed by atoms with Gasteiger partial charge in [-0.2, -0.15) is 4.31 Å². The predicted octanol–water partition coefficient (Wildman–Crippen LogP) is 2.48. The van der Waals surface area contributed by atoms with Gasteiger partial charge in [0.1, 0.15) is 10.6 Å². The SMILES string of the molecule is Cc1ccccc1CCNC(=O)c1cc(S(=O)(=O)N2CCCCC2)cn1C.